The molecule has 4 rings (SSSR count). The summed E-state index contributed by atoms with van der Waals surface area (Å²) in [5.41, 5.74) is 6.59. The number of likely N-dealkylation sites (N-methyl/N-ethyl adjacent to an activating group) is 1. The van der Waals surface area contributed by atoms with Crippen molar-refractivity contribution in [3.63, 3.8) is 0 Å². The Morgan fingerprint density at radius 3 is 2.44 bits per heavy atom. The first-order chi connectivity index (χ1) is 20.5. The van der Waals surface area contributed by atoms with E-state index in [-0.39, 0.29) is 30.4 Å². The first-order valence-electron chi connectivity index (χ1n) is 14.2. The van der Waals surface area contributed by atoms with Crippen LogP contribution >= 0.6 is 0 Å². The molecule has 1 aliphatic heterocycles. The van der Waals surface area contributed by atoms with Gasteiger partial charge < -0.3 is 30.2 Å². The Bertz CT molecular complexity index is 1680. The van der Waals surface area contributed by atoms with Crippen LogP contribution in [0.2, 0.25) is 0 Å². The smallest absolute Gasteiger partial charge is 0.330 e. The first-order valence-corrected chi connectivity index (χ1v) is 14.2. The lowest BCUT2D eigenvalue weighted by Gasteiger charge is -2.25. The van der Waals surface area contributed by atoms with E-state index < -0.39 is 5.91 Å². The molecule has 12 heteroatoms. The number of aliphatic hydroxyl groups excluding tert-OH is 1. The van der Waals surface area contributed by atoms with Crippen LogP contribution in [0, 0.1) is 20.8 Å². The van der Waals surface area contributed by atoms with Crippen LogP contribution in [0.3, 0.4) is 0 Å². The highest BCUT2D eigenvalue weighted by Crippen LogP contribution is 2.37. The number of nitrogens with zero attached hydrogens (tertiary/aromatic N) is 4. The summed E-state index contributed by atoms with van der Waals surface area (Å²) in [5.74, 6) is 6.05. The molecule has 0 fully saturated rings. The van der Waals surface area contributed by atoms with Gasteiger partial charge in [-0.1, -0.05) is 17.7 Å². The van der Waals surface area contributed by atoms with Gasteiger partial charge >= 0.3 is 5.69 Å². The summed E-state index contributed by atoms with van der Waals surface area (Å²) in [4.78, 5) is 31.9. The number of benzene rings is 2. The number of carbonyl (C=O) groups is 1. The van der Waals surface area contributed by atoms with E-state index in [1.807, 2.05) is 45.9 Å². The number of hydrazine groups is 1. The van der Waals surface area contributed by atoms with Crippen LogP contribution in [-0.4, -0.2) is 59.5 Å². The molecule has 1 aliphatic rings. The largest absolute Gasteiger partial charge is 0.493 e. The number of nitrogens with two attached hydrogens (primary N) is 1. The van der Waals surface area contributed by atoms with E-state index in [1.54, 1.807) is 16.2 Å². The van der Waals surface area contributed by atoms with Crippen molar-refractivity contribution in [1.82, 2.24) is 24.8 Å². The molecule has 2 heterocycles. The second-order valence-electron chi connectivity index (χ2n) is 10.5. The number of aliphatic hydroxyl groups is 1. The Morgan fingerprint density at radius 1 is 1.14 bits per heavy atom. The molecule has 0 saturated carbocycles. The normalized spacial score (nSPS) is 13.1. The van der Waals surface area contributed by atoms with Crippen molar-refractivity contribution in [3.05, 3.63) is 80.1 Å². The molecule has 0 atom stereocenters. The third kappa shape index (κ3) is 6.38. The quantitative estimate of drug-likeness (QED) is 0.122. The van der Waals surface area contributed by atoms with Crippen LogP contribution < -0.4 is 37.1 Å². The fourth-order valence-electron chi connectivity index (χ4n) is 5.46. The molecule has 0 bridgehead atoms. The Kier molecular flexibility index (Phi) is 9.50. The summed E-state index contributed by atoms with van der Waals surface area (Å²) in [6, 6.07) is 9.91. The molecule has 0 spiro atoms. The van der Waals surface area contributed by atoms with Gasteiger partial charge in [0, 0.05) is 45.4 Å². The van der Waals surface area contributed by atoms with Gasteiger partial charge in [0.2, 0.25) is 5.88 Å². The minimum Gasteiger partial charge on any atom is -0.493 e. The van der Waals surface area contributed by atoms with Crippen molar-refractivity contribution >= 4 is 11.6 Å². The average Bonchev–Trinajstić information content (AvgIpc) is 2.95. The monoisotopic (exact) mass is 591 g/mol. The van der Waals surface area contributed by atoms with Crippen LogP contribution in [0.15, 0.2) is 51.7 Å². The van der Waals surface area contributed by atoms with Crippen LogP contribution in [0.4, 0.5) is 5.69 Å². The number of hydrogen-bond acceptors (Lipinski definition) is 9. The summed E-state index contributed by atoms with van der Waals surface area (Å²) in [6.45, 7) is 9.14. The minimum atomic E-state index is -0.592. The van der Waals surface area contributed by atoms with Gasteiger partial charge in [-0.15, -0.1) is 0 Å². The standard InChI is InChI=1S/C31H41N7O5/c1-8-43-25-15-21-9-11-37-23(22(21)16-24(25)42-7)17-26(35-27-19(3)13-18(2)14-20(27)4)38(31(37)41)12-10-34-30(40)28(36(6)32)29(39)33-5/h13-17,33,39H,8-12,32H2,1-7H3,(H,34,40)/b29-28+,35-26?. The SMILES string of the molecule is CCOc1cc2c(cc1OC)-c1cc(=Nc3c(C)cc(C)cc3C)n(CCNC(=O)/C(=C(\O)NC)N(C)N)c(=O)n1CC2. The van der Waals surface area contributed by atoms with Crippen molar-refractivity contribution in [2.75, 3.05) is 34.4 Å². The van der Waals surface area contributed by atoms with Gasteiger partial charge in [0.05, 0.1) is 25.1 Å². The number of amides is 1. The Morgan fingerprint density at radius 2 is 1.84 bits per heavy atom. The summed E-state index contributed by atoms with van der Waals surface area (Å²) < 4.78 is 14.7. The van der Waals surface area contributed by atoms with E-state index in [0.29, 0.717) is 36.6 Å². The lowest BCUT2D eigenvalue weighted by atomic mass is 9.97. The number of aryl methyl sites for hydroxylation is 4. The maximum absolute atomic E-state index is 14.1. The van der Waals surface area contributed by atoms with Gasteiger partial charge in [0.15, 0.2) is 17.2 Å². The summed E-state index contributed by atoms with van der Waals surface area (Å²) >= 11 is 0. The van der Waals surface area contributed by atoms with Gasteiger partial charge in [-0.05, 0) is 62.9 Å². The molecule has 0 saturated heterocycles. The van der Waals surface area contributed by atoms with E-state index in [9.17, 15) is 14.7 Å². The van der Waals surface area contributed by atoms with E-state index in [4.69, 9.17) is 20.3 Å². The summed E-state index contributed by atoms with van der Waals surface area (Å²) in [5, 5.41) is 16.4. The van der Waals surface area contributed by atoms with E-state index >= 15 is 0 Å². The minimum absolute atomic E-state index is 0.0862. The Hall–Kier alpha value is -4.71. The fourth-order valence-corrected chi connectivity index (χ4v) is 5.46. The van der Waals surface area contributed by atoms with Crippen molar-refractivity contribution in [1.29, 1.82) is 0 Å². The van der Waals surface area contributed by atoms with E-state index in [2.05, 4.69) is 22.8 Å². The highest BCUT2D eigenvalue weighted by atomic mass is 16.5. The van der Waals surface area contributed by atoms with Crippen LogP contribution in [0.25, 0.3) is 11.3 Å². The molecular weight excluding hydrogens is 550 g/mol. The number of nitrogens with one attached hydrogen (secondary N) is 2. The first kappa shape index (κ1) is 31.2. The highest BCUT2D eigenvalue weighted by molar-refractivity contribution is 5.93. The van der Waals surface area contributed by atoms with Crippen molar-refractivity contribution < 1.29 is 19.4 Å². The number of rotatable bonds is 10. The third-order valence-corrected chi connectivity index (χ3v) is 7.38. The predicted octanol–water partition coefficient (Wildman–Crippen LogP) is 2.31. The zero-order valence-electron chi connectivity index (χ0n) is 25.9. The maximum Gasteiger partial charge on any atom is 0.330 e. The lowest BCUT2D eigenvalue weighted by Crippen LogP contribution is -2.45. The van der Waals surface area contributed by atoms with Crippen LogP contribution in [-0.2, 0) is 24.3 Å². The average molecular weight is 592 g/mol. The predicted molar refractivity (Wildman–Crippen MR) is 165 cm³/mol. The van der Waals surface area contributed by atoms with E-state index in [0.717, 1.165) is 44.2 Å². The summed E-state index contributed by atoms with van der Waals surface area (Å²) in [6.07, 6.45) is 0.635. The van der Waals surface area contributed by atoms with Gasteiger partial charge in [-0.3, -0.25) is 13.9 Å². The van der Waals surface area contributed by atoms with Crippen molar-refractivity contribution in [2.24, 2.45) is 10.8 Å². The number of carbonyl (C=O) groups excluding carboxylic acids is 1. The number of aromatic nitrogens is 2. The van der Waals surface area contributed by atoms with Crippen molar-refractivity contribution in [2.45, 2.75) is 47.2 Å². The van der Waals surface area contributed by atoms with Crippen molar-refractivity contribution in [3.8, 4) is 22.8 Å². The van der Waals surface area contributed by atoms with E-state index in [1.165, 1.54) is 14.1 Å². The molecule has 12 nitrogen and oxygen atoms in total. The Balaban J connectivity index is 1.86. The fraction of sp³-hybridized carbons (Fsp3) is 0.387. The number of ether oxygens (including phenoxy) is 2. The Labute approximate surface area is 251 Å². The van der Waals surface area contributed by atoms with Crippen LogP contribution in [0.1, 0.15) is 29.2 Å². The molecule has 0 radical (unpaired) electrons. The number of fused-ring (bicyclic) bond motifs is 3. The molecule has 2 aromatic carbocycles. The molecular formula is C31H41N7O5. The van der Waals surface area contributed by atoms with Gasteiger partial charge in [0.25, 0.3) is 5.91 Å². The van der Waals surface area contributed by atoms with Gasteiger partial charge in [0.1, 0.15) is 5.49 Å². The molecule has 1 aromatic heterocycles. The van der Waals surface area contributed by atoms with Gasteiger partial charge in [-0.2, -0.15) is 0 Å². The lowest BCUT2D eigenvalue weighted by molar-refractivity contribution is -0.119. The maximum atomic E-state index is 14.1. The molecule has 1 amide bonds. The topological polar surface area (TPSA) is 148 Å². The highest BCUT2D eigenvalue weighted by Gasteiger charge is 2.23. The summed E-state index contributed by atoms with van der Waals surface area (Å²) in [7, 11) is 4.52. The molecule has 0 aliphatic carbocycles. The molecule has 230 valence electrons. The number of methoxy groups -OCH3 is 1. The molecule has 5 N–H and O–H groups in total. The van der Waals surface area contributed by atoms with Gasteiger partial charge in [-0.25, -0.2) is 15.6 Å². The molecule has 3 aromatic rings. The van der Waals surface area contributed by atoms with Crippen LogP contribution in [0.5, 0.6) is 11.5 Å². The molecule has 0 unspecified atom stereocenters. The second kappa shape index (κ2) is 13.1. The zero-order chi connectivity index (χ0) is 31.4. The number of hydrogen-bond donors (Lipinski definition) is 4. The zero-order valence-corrected chi connectivity index (χ0v) is 25.9. The molecule has 43 heavy (non-hydrogen) atoms. The second-order valence-corrected chi connectivity index (χ2v) is 10.5. The third-order valence-electron chi connectivity index (χ3n) is 7.38.